The Balaban J connectivity index is 1.30. The number of hydrogen-bond acceptors (Lipinski definition) is 7. The highest BCUT2D eigenvalue weighted by Crippen LogP contribution is 2.37. The Kier molecular flexibility index (Phi) is 6.09. The first-order valence-corrected chi connectivity index (χ1v) is 11.4. The van der Waals surface area contributed by atoms with Crippen LogP contribution in [-0.4, -0.2) is 33.5 Å². The second-order valence-electron chi connectivity index (χ2n) is 7.68. The van der Waals surface area contributed by atoms with E-state index in [-0.39, 0.29) is 0 Å². The number of fused-ring (bicyclic) bond motifs is 3. The Hall–Kier alpha value is -3.98. The quantitative estimate of drug-likeness (QED) is 0.215. The van der Waals surface area contributed by atoms with Crippen molar-refractivity contribution < 1.29 is 9.47 Å². The Morgan fingerprint density at radius 2 is 1.91 bits per heavy atom. The fraction of sp³-hybridized carbons (Fsp3) is 0.120. The molecular weight excluding hydrogens is 496 g/mol. The van der Waals surface area contributed by atoms with E-state index in [0.29, 0.717) is 29.7 Å². The highest BCUT2D eigenvalue weighted by atomic mass is 79.9. The Morgan fingerprint density at radius 3 is 2.74 bits per heavy atom. The third-order valence-corrected chi connectivity index (χ3v) is 5.84. The second-order valence-corrected chi connectivity index (χ2v) is 8.54. The lowest BCUT2D eigenvalue weighted by Gasteiger charge is -2.13. The molecule has 2 aromatic heterocycles. The largest absolute Gasteiger partial charge is 0.493 e. The van der Waals surface area contributed by atoms with Crippen molar-refractivity contribution in [2.45, 2.75) is 13.5 Å². The van der Waals surface area contributed by atoms with Crippen molar-refractivity contribution in [1.29, 1.82) is 0 Å². The van der Waals surface area contributed by atoms with Crippen LogP contribution in [0.4, 0.5) is 5.95 Å². The zero-order chi connectivity index (χ0) is 23.5. The van der Waals surface area contributed by atoms with E-state index in [1.54, 1.807) is 13.3 Å². The van der Waals surface area contributed by atoms with Crippen LogP contribution in [-0.2, 0) is 6.61 Å². The number of methoxy groups -OCH3 is 1. The number of aryl methyl sites for hydroxylation is 1. The van der Waals surface area contributed by atoms with Gasteiger partial charge in [0.1, 0.15) is 12.1 Å². The number of para-hydroxylation sites is 1. The molecule has 0 fully saturated rings. The molecule has 0 atom stereocenters. The van der Waals surface area contributed by atoms with Crippen LogP contribution < -0.4 is 14.9 Å². The van der Waals surface area contributed by atoms with Gasteiger partial charge in [-0.15, -0.1) is 10.2 Å². The third kappa shape index (κ3) is 4.55. The van der Waals surface area contributed by atoms with Gasteiger partial charge in [0.25, 0.3) is 5.95 Å². The van der Waals surface area contributed by atoms with Crippen LogP contribution in [0, 0.1) is 6.92 Å². The van der Waals surface area contributed by atoms with Crippen molar-refractivity contribution in [2.24, 2.45) is 5.10 Å². The van der Waals surface area contributed by atoms with E-state index in [4.69, 9.17) is 9.47 Å². The number of aromatic nitrogens is 4. The number of hydrogen-bond donors (Lipinski definition) is 2. The zero-order valence-electron chi connectivity index (χ0n) is 18.5. The predicted molar refractivity (Wildman–Crippen MR) is 137 cm³/mol. The molecule has 8 nitrogen and oxygen atoms in total. The number of rotatable bonds is 7. The van der Waals surface area contributed by atoms with Gasteiger partial charge in [-0.25, -0.2) is 5.43 Å². The smallest absolute Gasteiger partial charge is 0.265 e. The number of anilines is 1. The number of ether oxygens (including phenoxy) is 2. The molecule has 34 heavy (non-hydrogen) atoms. The highest BCUT2D eigenvalue weighted by molar-refractivity contribution is 9.10. The molecular formula is C25H21BrN6O2. The number of H-pyrrole nitrogens is 1. The lowest BCUT2D eigenvalue weighted by Crippen LogP contribution is -2.01. The fourth-order valence-electron chi connectivity index (χ4n) is 3.53. The van der Waals surface area contributed by atoms with Gasteiger partial charge in [0.05, 0.1) is 17.8 Å². The van der Waals surface area contributed by atoms with Gasteiger partial charge in [0.2, 0.25) is 0 Å². The van der Waals surface area contributed by atoms with Gasteiger partial charge in [-0.05, 0) is 52.2 Å². The van der Waals surface area contributed by atoms with E-state index < -0.39 is 0 Å². The SMILES string of the molecule is COc1cc(/C=N/Nc2nnc3c(n2)[nH]c2ccccc23)cc(Br)c1OCc1ccc(C)cc1. The summed E-state index contributed by atoms with van der Waals surface area (Å²) in [6.45, 7) is 2.49. The Bertz CT molecular complexity index is 1500. The minimum absolute atomic E-state index is 0.291. The molecule has 0 saturated carbocycles. The van der Waals surface area contributed by atoms with Crippen LogP contribution in [0.3, 0.4) is 0 Å². The topological polar surface area (TPSA) is 97.3 Å². The van der Waals surface area contributed by atoms with Gasteiger partial charge in [-0.1, -0.05) is 48.0 Å². The van der Waals surface area contributed by atoms with Crippen LogP contribution in [0.15, 0.2) is 70.2 Å². The summed E-state index contributed by atoms with van der Waals surface area (Å²) in [5.41, 5.74) is 8.25. The maximum Gasteiger partial charge on any atom is 0.265 e. The van der Waals surface area contributed by atoms with Gasteiger partial charge in [-0.2, -0.15) is 10.1 Å². The van der Waals surface area contributed by atoms with E-state index >= 15 is 0 Å². The molecule has 0 amide bonds. The van der Waals surface area contributed by atoms with Crippen molar-refractivity contribution in [3.05, 3.63) is 81.8 Å². The van der Waals surface area contributed by atoms with E-state index in [2.05, 4.69) is 65.7 Å². The van der Waals surface area contributed by atoms with Crippen molar-refractivity contribution in [1.82, 2.24) is 20.2 Å². The molecule has 0 aliphatic heterocycles. The van der Waals surface area contributed by atoms with Crippen LogP contribution >= 0.6 is 15.9 Å². The summed E-state index contributed by atoms with van der Waals surface area (Å²) < 4.78 is 12.3. The Labute approximate surface area is 204 Å². The van der Waals surface area contributed by atoms with Gasteiger partial charge < -0.3 is 14.5 Å². The first-order valence-electron chi connectivity index (χ1n) is 10.6. The average molecular weight is 517 g/mol. The molecule has 0 aliphatic rings. The number of halogens is 1. The number of hydrazone groups is 1. The molecule has 0 aliphatic carbocycles. The van der Waals surface area contributed by atoms with Crippen LogP contribution in [0.5, 0.6) is 11.5 Å². The zero-order valence-corrected chi connectivity index (χ0v) is 20.1. The summed E-state index contributed by atoms with van der Waals surface area (Å²) >= 11 is 3.58. The van der Waals surface area contributed by atoms with Crippen LogP contribution in [0.1, 0.15) is 16.7 Å². The van der Waals surface area contributed by atoms with Crippen molar-refractivity contribution in [3.63, 3.8) is 0 Å². The summed E-state index contributed by atoms with van der Waals surface area (Å²) in [5, 5.41) is 13.6. The lowest BCUT2D eigenvalue weighted by molar-refractivity contribution is 0.282. The van der Waals surface area contributed by atoms with Gasteiger partial charge in [0.15, 0.2) is 17.1 Å². The fourth-order valence-corrected chi connectivity index (χ4v) is 4.10. The van der Waals surface area contributed by atoms with Crippen molar-refractivity contribution in [2.75, 3.05) is 12.5 Å². The minimum Gasteiger partial charge on any atom is -0.493 e. The first-order chi connectivity index (χ1) is 16.6. The molecule has 0 radical (unpaired) electrons. The third-order valence-electron chi connectivity index (χ3n) is 5.26. The minimum atomic E-state index is 0.291. The summed E-state index contributed by atoms with van der Waals surface area (Å²) in [6.07, 6.45) is 1.65. The molecule has 0 saturated heterocycles. The van der Waals surface area contributed by atoms with E-state index in [1.807, 2.05) is 48.5 Å². The lowest BCUT2D eigenvalue weighted by atomic mass is 10.2. The van der Waals surface area contributed by atoms with Gasteiger partial charge in [-0.3, -0.25) is 0 Å². The maximum atomic E-state index is 6.02. The molecule has 3 aromatic carbocycles. The molecule has 5 aromatic rings. The molecule has 0 unspecified atom stereocenters. The van der Waals surface area contributed by atoms with Gasteiger partial charge >= 0.3 is 0 Å². The molecule has 0 spiro atoms. The number of nitrogens with zero attached hydrogens (tertiary/aromatic N) is 4. The van der Waals surface area contributed by atoms with Gasteiger partial charge in [0, 0.05) is 10.9 Å². The highest BCUT2D eigenvalue weighted by Gasteiger charge is 2.12. The van der Waals surface area contributed by atoms with Crippen molar-refractivity contribution >= 4 is 50.2 Å². The second kappa shape index (κ2) is 9.48. The number of nitrogens with one attached hydrogen (secondary N) is 2. The monoisotopic (exact) mass is 516 g/mol. The molecule has 170 valence electrons. The first kappa shape index (κ1) is 21.8. The summed E-state index contributed by atoms with van der Waals surface area (Å²) in [4.78, 5) is 7.70. The molecule has 0 bridgehead atoms. The molecule has 2 heterocycles. The predicted octanol–water partition coefficient (Wildman–Crippen LogP) is 5.61. The summed E-state index contributed by atoms with van der Waals surface area (Å²) in [7, 11) is 1.61. The van der Waals surface area contributed by atoms with Crippen LogP contribution in [0.25, 0.3) is 22.1 Å². The maximum absolute atomic E-state index is 6.02. The van der Waals surface area contributed by atoms with E-state index in [1.165, 1.54) is 5.56 Å². The van der Waals surface area contributed by atoms with Crippen LogP contribution in [0.2, 0.25) is 0 Å². The van der Waals surface area contributed by atoms with E-state index in [0.717, 1.165) is 32.0 Å². The average Bonchev–Trinajstić information content (AvgIpc) is 3.22. The Morgan fingerprint density at radius 1 is 1.09 bits per heavy atom. The van der Waals surface area contributed by atoms with E-state index in [9.17, 15) is 0 Å². The number of benzene rings is 3. The normalized spacial score (nSPS) is 11.4. The standard InChI is InChI=1S/C25H21BrN6O2/c1-15-7-9-16(10-8-15)14-34-23-19(26)11-17(12-21(23)33-2)13-27-31-25-29-24-22(30-32-25)18-5-3-4-6-20(18)28-24/h3-13H,14H2,1-2H3,(H2,28,29,31,32)/b27-13+. The molecule has 2 N–H and O–H groups in total. The van der Waals surface area contributed by atoms with Crippen molar-refractivity contribution in [3.8, 4) is 11.5 Å². The molecule has 9 heteroatoms. The summed E-state index contributed by atoms with van der Waals surface area (Å²) in [6, 6.07) is 19.8. The number of aromatic amines is 1. The summed E-state index contributed by atoms with van der Waals surface area (Å²) in [5.74, 6) is 1.52. The molecule has 5 rings (SSSR count).